The molecule has 0 bridgehead atoms. The number of halogens is 1. The third kappa shape index (κ3) is 7.63. The van der Waals surface area contributed by atoms with E-state index in [-0.39, 0.29) is 12.0 Å². The van der Waals surface area contributed by atoms with Crippen LogP contribution >= 0.6 is 23.4 Å². The van der Waals surface area contributed by atoms with Gasteiger partial charge in [-0.3, -0.25) is 4.79 Å². The summed E-state index contributed by atoms with van der Waals surface area (Å²) in [6.07, 6.45) is 2.15. The van der Waals surface area contributed by atoms with Gasteiger partial charge >= 0.3 is 0 Å². The second-order valence-electron chi connectivity index (χ2n) is 5.58. The first-order valence-electron chi connectivity index (χ1n) is 8.00. The first-order valence-corrected chi connectivity index (χ1v) is 9.36. The highest BCUT2D eigenvalue weighted by Crippen LogP contribution is 2.20. The number of nitrogens with zero attached hydrogens (tertiary/aromatic N) is 1. The fourth-order valence-electron chi connectivity index (χ4n) is 1.93. The summed E-state index contributed by atoms with van der Waals surface area (Å²) in [6, 6.07) is 15.1. The fraction of sp³-hybridized carbons (Fsp3) is 0.263. The summed E-state index contributed by atoms with van der Waals surface area (Å²) >= 11 is 7.45. The number of nitrogens with one attached hydrogen (secondary N) is 1. The summed E-state index contributed by atoms with van der Waals surface area (Å²) in [4.78, 5) is 12.9. The molecule has 1 amide bonds. The Bertz CT molecular complexity index is 700. The van der Waals surface area contributed by atoms with E-state index in [1.165, 1.54) is 0 Å². The van der Waals surface area contributed by atoms with E-state index in [9.17, 15) is 4.79 Å². The minimum Gasteiger partial charge on any atom is -0.491 e. The predicted octanol–water partition coefficient (Wildman–Crippen LogP) is 4.76. The second-order valence-corrected chi connectivity index (χ2v) is 7.19. The van der Waals surface area contributed by atoms with Gasteiger partial charge in [-0.1, -0.05) is 11.6 Å². The van der Waals surface area contributed by atoms with Gasteiger partial charge in [-0.2, -0.15) is 5.10 Å². The van der Waals surface area contributed by atoms with E-state index in [0.29, 0.717) is 17.2 Å². The molecule has 2 aromatic rings. The maximum Gasteiger partial charge on any atom is 0.240 e. The number of hydrogen-bond acceptors (Lipinski definition) is 4. The number of carbonyl (C=O) groups excluding carboxylic acids is 1. The van der Waals surface area contributed by atoms with Gasteiger partial charge in [0.15, 0.2) is 0 Å². The van der Waals surface area contributed by atoms with Crippen molar-refractivity contribution in [2.45, 2.75) is 31.3 Å². The van der Waals surface area contributed by atoms with Gasteiger partial charge in [0.05, 0.1) is 12.3 Å². The van der Waals surface area contributed by atoms with Crippen LogP contribution in [0.4, 0.5) is 0 Å². The minimum atomic E-state index is -0.113. The van der Waals surface area contributed by atoms with Crippen LogP contribution in [0.5, 0.6) is 5.75 Å². The van der Waals surface area contributed by atoms with Crippen molar-refractivity contribution in [1.29, 1.82) is 0 Å². The molecule has 0 aliphatic rings. The number of hydrazone groups is 1. The maximum absolute atomic E-state index is 11.8. The third-order valence-electron chi connectivity index (χ3n) is 3.07. The normalized spacial score (nSPS) is 11.0. The average Bonchev–Trinajstić information content (AvgIpc) is 2.58. The van der Waals surface area contributed by atoms with E-state index >= 15 is 0 Å². The fourth-order valence-corrected chi connectivity index (χ4v) is 2.91. The average molecular weight is 377 g/mol. The van der Waals surface area contributed by atoms with Crippen LogP contribution in [0.2, 0.25) is 5.02 Å². The predicted molar refractivity (Wildman–Crippen MR) is 105 cm³/mol. The number of benzene rings is 2. The zero-order valence-corrected chi connectivity index (χ0v) is 15.8. The molecule has 1 N–H and O–H groups in total. The van der Waals surface area contributed by atoms with Crippen LogP contribution in [-0.4, -0.2) is 24.0 Å². The summed E-state index contributed by atoms with van der Waals surface area (Å²) in [6.45, 7) is 3.96. The van der Waals surface area contributed by atoms with Gasteiger partial charge in [0.1, 0.15) is 5.75 Å². The van der Waals surface area contributed by atoms with Crippen LogP contribution in [0.1, 0.15) is 25.8 Å². The van der Waals surface area contributed by atoms with Crippen molar-refractivity contribution >= 4 is 35.5 Å². The van der Waals surface area contributed by atoms with Gasteiger partial charge < -0.3 is 4.74 Å². The molecule has 0 atom stereocenters. The lowest BCUT2D eigenvalue weighted by atomic mass is 10.2. The monoisotopic (exact) mass is 376 g/mol. The highest BCUT2D eigenvalue weighted by Gasteiger charge is 2.01. The summed E-state index contributed by atoms with van der Waals surface area (Å²) in [5.74, 6) is 1.39. The van der Waals surface area contributed by atoms with E-state index in [4.69, 9.17) is 16.3 Å². The highest BCUT2D eigenvalue weighted by molar-refractivity contribution is 7.99. The molecule has 25 heavy (non-hydrogen) atoms. The van der Waals surface area contributed by atoms with Gasteiger partial charge in [0.25, 0.3) is 0 Å². The number of amides is 1. The van der Waals surface area contributed by atoms with Crippen LogP contribution in [0.3, 0.4) is 0 Å². The molecule has 132 valence electrons. The molecule has 2 rings (SSSR count). The topological polar surface area (TPSA) is 50.7 Å². The van der Waals surface area contributed by atoms with Crippen molar-refractivity contribution in [3.63, 3.8) is 0 Å². The van der Waals surface area contributed by atoms with Crippen molar-refractivity contribution in [2.75, 3.05) is 5.75 Å². The maximum atomic E-state index is 11.8. The first kappa shape index (κ1) is 19.3. The molecule has 0 saturated carbocycles. The Hall–Kier alpha value is -1.98. The number of hydrogen-bond donors (Lipinski definition) is 1. The van der Waals surface area contributed by atoms with Crippen LogP contribution in [0, 0.1) is 0 Å². The molecule has 0 spiro atoms. The lowest BCUT2D eigenvalue weighted by molar-refractivity contribution is -0.120. The summed E-state index contributed by atoms with van der Waals surface area (Å²) < 4.78 is 5.58. The highest BCUT2D eigenvalue weighted by atomic mass is 35.5. The van der Waals surface area contributed by atoms with Crippen LogP contribution in [-0.2, 0) is 4.79 Å². The van der Waals surface area contributed by atoms with Gasteiger partial charge in [0, 0.05) is 22.1 Å². The molecule has 0 heterocycles. The first-order chi connectivity index (χ1) is 12.0. The van der Waals surface area contributed by atoms with Gasteiger partial charge in [0.2, 0.25) is 5.91 Å². The van der Waals surface area contributed by atoms with E-state index in [0.717, 1.165) is 16.2 Å². The molecule has 0 radical (unpaired) electrons. The van der Waals surface area contributed by atoms with E-state index < -0.39 is 0 Å². The Labute approximate surface area is 157 Å². The van der Waals surface area contributed by atoms with Crippen molar-refractivity contribution < 1.29 is 9.53 Å². The van der Waals surface area contributed by atoms with Crippen molar-refractivity contribution in [1.82, 2.24) is 5.43 Å². The zero-order valence-electron chi connectivity index (χ0n) is 14.2. The molecule has 0 fully saturated rings. The molecule has 0 aromatic heterocycles. The molecule has 0 aliphatic carbocycles. The molecule has 0 saturated heterocycles. The summed E-state index contributed by atoms with van der Waals surface area (Å²) in [5, 5.41) is 4.69. The Morgan fingerprint density at radius 3 is 2.52 bits per heavy atom. The number of ether oxygens (including phenoxy) is 1. The molecule has 0 aliphatic heterocycles. The third-order valence-corrected chi connectivity index (χ3v) is 4.33. The number of thioether (sulfide) groups is 1. The number of carbonyl (C=O) groups is 1. The Balaban J connectivity index is 1.70. The zero-order chi connectivity index (χ0) is 18.1. The van der Waals surface area contributed by atoms with Crippen LogP contribution in [0.15, 0.2) is 58.5 Å². The minimum absolute atomic E-state index is 0.113. The molecular weight excluding hydrogens is 356 g/mol. The second kappa shape index (κ2) is 10.1. The Morgan fingerprint density at radius 2 is 1.88 bits per heavy atom. The quantitative estimate of drug-likeness (QED) is 0.410. The molecular formula is C19H21ClN2O2S. The smallest absolute Gasteiger partial charge is 0.240 e. The van der Waals surface area contributed by atoms with Gasteiger partial charge in [-0.25, -0.2) is 5.43 Å². The number of rotatable bonds is 8. The van der Waals surface area contributed by atoms with Crippen molar-refractivity contribution in [2.24, 2.45) is 5.10 Å². The molecule has 4 nitrogen and oxygen atoms in total. The van der Waals surface area contributed by atoms with Crippen LogP contribution in [0.25, 0.3) is 0 Å². The standard InChI is InChI=1S/C19H21ClN2O2S/c1-14(2)24-17-7-3-15(4-8-17)13-21-22-19(23)11-12-25-18-9-5-16(20)6-10-18/h3-10,13-14H,11-12H2,1-2H3,(H,22,23)/b21-13-. The molecule has 0 unspecified atom stereocenters. The van der Waals surface area contributed by atoms with E-state index in [1.807, 2.05) is 62.4 Å². The lowest BCUT2D eigenvalue weighted by Crippen LogP contribution is -2.17. The Morgan fingerprint density at radius 1 is 1.20 bits per heavy atom. The van der Waals surface area contributed by atoms with Gasteiger partial charge in [-0.05, 0) is 67.9 Å². The molecule has 6 heteroatoms. The van der Waals surface area contributed by atoms with Crippen molar-refractivity contribution in [3.05, 3.63) is 59.1 Å². The largest absolute Gasteiger partial charge is 0.491 e. The van der Waals surface area contributed by atoms with E-state index in [1.54, 1.807) is 18.0 Å². The Kier molecular flexibility index (Phi) is 7.82. The SMILES string of the molecule is CC(C)Oc1ccc(/C=N\NC(=O)CCSc2ccc(Cl)cc2)cc1. The van der Waals surface area contributed by atoms with E-state index in [2.05, 4.69) is 10.5 Å². The summed E-state index contributed by atoms with van der Waals surface area (Å²) in [5.41, 5.74) is 3.43. The van der Waals surface area contributed by atoms with Crippen molar-refractivity contribution in [3.8, 4) is 5.75 Å². The molecule has 2 aromatic carbocycles. The lowest BCUT2D eigenvalue weighted by Gasteiger charge is -2.09. The summed E-state index contributed by atoms with van der Waals surface area (Å²) in [7, 11) is 0. The van der Waals surface area contributed by atoms with Gasteiger partial charge in [-0.15, -0.1) is 11.8 Å². The van der Waals surface area contributed by atoms with Crippen LogP contribution < -0.4 is 10.2 Å².